The van der Waals surface area contributed by atoms with Crippen LogP contribution in [0.4, 0.5) is 0 Å². The third-order valence-electron chi connectivity index (χ3n) is 5.21. The van der Waals surface area contributed by atoms with Crippen LogP contribution in [0.3, 0.4) is 0 Å². The van der Waals surface area contributed by atoms with Crippen LogP contribution in [-0.2, 0) is 4.74 Å². The van der Waals surface area contributed by atoms with Gasteiger partial charge < -0.3 is 9.84 Å². The highest BCUT2D eigenvalue weighted by molar-refractivity contribution is 5.22. The lowest BCUT2D eigenvalue weighted by Crippen LogP contribution is -2.50. The SMILES string of the molecule is N#CC1(C2(O)CCC(c3ccccc3)CC2)CCOC1. The van der Waals surface area contributed by atoms with Crippen molar-refractivity contribution in [2.45, 2.75) is 43.6 Å². The molecule has 1 atom stereocenters. The van der Waals surface area contributed by atoms with Crippen molar-refractivity contribution in [3.05, 3.63) is 35.9 Å². The molecule has 3 nitrogen and oxygen atoms in total. The van der Waals surface area contributed by atoms with Crippen molar-refractivity contribution in [1.82, 2.24) is 0 Å². The first-order chi connectivity index (χ1) is 9.69. The van der Waals surface area contributed by atoms with Crippen LogP contribution in [0.25, 0.3) is 0 Å². The molecule has 1 aromatic carbocycles. The molecule has 20 heavy (non-hydrogen) atoms. The summed E-state index contributed by atoms with van der Waals surface area (Å²) < 4.78 is 5.40. The maximum atomic E-state index is 11.0. The van der Waals surface area contributed by atoms with Crippen LogP contribution in [-0.4, -0.2) is 23.9 Å². The summed E-state index contributed by atoms with van der Waals surface area (Å²) in [5.41, 5.74) is -0.207. The second-order valence-corrected chi connectivity index (χ2v) is 6.21. The topological polar surface area (TPSA) is 53.2 Å². The van der Waals surface area contributed by atoms with Gasteiger partial charge in [-0.05, 0) is 43.6 Å². The number of nitrogens with zero attached hydrogens (tertiary/aromatic N) is 1. The number of rotatable bonds is 2. The predicted octanol–water partition coefficient (Wildman–Crippen LogP) is 3.01. The molecule has 1 saturated heterocycles. The molecule has 1 N–H and O–H groups in total. The molecule has 0 amide bonds. The van der Waals surface area contributed by atoms with Gasteiger partial charge in [-0.2, -0.15) is 5.26 Å². The molecule has 3 rings (SSSR count). The number of aliphatic hydroxyl groups is 1. The Bertz CT molecular complexity index is 491. The van der Waals surface area contributed by atoms with E-state index in [0.29, 0.717) is 38.4 Å². The first-order valence-corrected chi connectivity index (χ1v) is 7.45. The van der Waals surface area contributed by atoms with Gasteiger partial charge in [-0.1, -0.05) is 30.3 Å². The monoisotopic (exact) mass is 271 g/mol. The molecule has 1 aliphatic heterocycles. The van der Waals surface area contributed by atoms with Gasteiger partial charge in [-0.3, -0.25) is 0 Å². The molecule has 1 heterocycles. The van der Waals surface area contributed by atoms with Crippen molar-refractivity contribution in [3.8, 4) is 6.07 Å². The van der Waals surface area contributed by atoms with Crippen LogP contribution in [0.2, 0.25) is 0 Å². The summed E-state index contributed by atoms with van der Waals surface area (Å²) in [6, 6.07) is 12.9. The van der Waals surface area contributed by atoms with E-state index in [-0.39, 0.29) is 0 Å². The minimum Gasteiger partial charge on any atom is -0.388 e. The zero-order valence-corrected chi connectivity index (χ0v) is 11.7. The summed E-state index contributed by atoms with van der Waals surface area (Å²) in [7, 11) is 0. The van der Waals surface area contributed by atoms with Crippen molar-refractivity contribution < 1.29 is 9.84 Å². The molecule has 0 spiro atoms. The Balaban J connectivity index is 1.73. The normalized spacial score (nSPS) is 37.5. The van der Waals surface area contributed by atoms with Crippen LogP contribution in [0.5, 0.6) is 0 Å². The van der Waals surface area contributed by atoms with Gasteiger partial charge in [-0.25, -0.2) is 0 Å². The predicted molar refractivity (Wildman–Crippen MR) is 76.1 cm³/mol. The number of hydrogen-bond donors (Lipinski definition) is 1. The molecule has 2 aliphatic rings. The number of ether oxygens (including phenoxy) is 1. The average Bonchev–Trinajstić information content (AvgIpc) is 3.00. The standard InChI is InChI=1S/C17H21NO2/c18-12-16(10-11-20-13-16)17(19)8-6-15(7-9-17)14-4-2-1-3-5-14/h1-5,15,19H,6-11,13H2. The summed E-state index contributed by atoms with van der Waals surface area (Å²) in [4.78, 5) is 0. The lowest BCUT2D eigenvalue weighted by atomic mass is 9.63. The van der Waals surface area contributed by atoms with Gasteiger partial charge in [0.15, 0.2) is 0 Å². The first kappa shape index (κ1) is 13.6. The molecule has 0 radical (unpaired) electrons. The van der Waals surface area contributed by atoms with E-state index in [9.17, 15) is 10.4 Å². The lowest BCUT2D eigenvalue weighted by Gasteiger charge is -2.44. The Kier molecular flexibility index (Phi) is 3.54. The summed E-state index contributed by atoms with van der Waals surface area (Å²) in [6.45, 7) is 0.980. The molecule has 1 unspecified atom stereocenters. The molecule has 1 aliphatic carbocycles. The Hall–Kier alpha value is -1.37. The molecular weight excluding hydrogens is 250 g/mol. The maximum Gasteiger partial charge on any atom is 0.111 e. The zero-order chi connectivity index (χ0) is 14.1. The van der Waals surface area contributed by atoms with Crippen molar-refractivity contribution in [2.24, 2.45) is 5.41 Å². The van der Waals surface area contributed by atoms with E-state index >= 15 is 0 Å². The fourth-order valence-corrected chi connectivity index (χ4v) is 3.76. The minimum absolute atomic E-state index is 0.385. The molecule has 0 aromatic heterocycles. The van der Waals surface area contributed by atoms with Crippen molar-refractivity contribution >= 4 is 0 Å². The fourth-order valence-electron chi connectivity index (χ4n) is 3.76. The van der Waals surface area contributed by atoms with Gasteiger partial charge in [0.05, 0.1) is 18.3 Å². The molecular formula is C17H21NO2. The molecule has 0 bridgehead atoms. The van der Waals surface area contributed by atoms with Gasteiger partial charge in [-0.15, -0.1) is 0 Å². The summed E-state index contributed by atoms with van der Waals surface area (Å²) in [5, 5.41) is 20.5. The lowest BCUT2D eigenvalue weighted by molar-refractivity contribution is -0.0869. The van der Waals surface area contributed by atoms with E-state index in [1.807, 2.05) is 6.07 Å². The average molecular weight is 271 g/mol. The van der Waals surface area contributed by atoms with Gasteiger partial charge in [0.1, 0.15) is 5.41 Å². The Labute approximate surface area is 120 Å². The fraction of sp³-hybridized carbons (Fsp3) is 0.588. The van der Waals surface area contributed by atoms with Crippen molar-refractivity contribution in [2.75, 3.05) is 13.2 Å². The summed E-state index contributed by atoms with van der Waals surface area (Å²) in [5.74, 6) is 0.509. The van der Waals surface area contributed by atoms with E-state index in [4.69, 9.17) is 4.74 Å². The third kappa shape index (κ3) is 2.13. The van der Waals surface area contributed by atoms with Crippen molar-refractivity contribution in [1.29, 1.82) is 5.26 Å². The largest absolute Gasteiger partial charge is 0.388 e. The van der Waals surface area contributed by atoms with Crippen LogP contribution < -0.4 is 0 Å². The zero-order valence-electron chi connectivity index (χ0n) is 11.7. The maximum absolute atomic E-state index is 11.0. The van der Waals surface area contributed by atoms with Crippen LogP contribution in [0, 0.1) is 16.7 Å². The van der Waals surface area contributed by atoms with Crippen LogP contribution in [0.1, 0.15) is 43.6 Å². The first-order valence-electron chi connectivity index (χ1n) is 7.45. The summed E-state index contributed by atoms with van der Waals surface area (Å²) in [6.07, 6.45) is 3.96. The molecule has 2 fully saturated rings. The number of hydrogen-bond acceptors (Lipinski definition) is 3. The smallest absolute Gasteiger partial charge is 0.111 e. The second-order valence-electron chi connectivity index (χ2n) is 6.21. The number of benzene rings is 1. The van der Waals surface area contributed by atoms with Gasteiger partial charge in [0.2, 0.25) is 0 Å². The van der Waals surface area contributed by atoms with Crippen molar-refractivity contribution in [3.63, 3.8) is 0 Å². The Morgan fingerprint density at radius 2 is 1.85 bits per heavy atom. The van der Waals surface area contributed by atoms with E-state index in [1.54, 1.807) is 0 Å². The van der Waals surface area contributed by atoms with Gasteiger partial charge in [0.25, 0.3) is 0 Å². The molecule has 106 valence electrons. The molecule has 3 heteroatoms. The summed E-state index contributed by atoms with van der Waals surface area (Å²) >= 11 is 0. The minimum atomic E-state index is -0.871. The highest BCUT2D eigenvalue weighted by atomic mass is 16.5. The molecule has 1 aromatic rings. The Morgan fingerprint density at radius 3 is 2.40 bits per heavy atom. The van der Waals surface area contributed by atoms with Crippen LogP contribution in [0.15, 0.2) is 30.3 Å². The van der Waals surface area contributed by atoms with Gasteiger partial charge in [0, 0.05) is 6.61 Å². The highest BCUT2D eigenvalue weighted by Gasteiger charge is 2.54. The molecule has 1 saturated carbocycles. The van der Waals surface area contributed by atoms with E-state index in [0.717, 1.165) is 12.8 Å². The van der Waals surface area contributed by atoms with E-state index in [2.05, 4.69) is 30.3 Å². The van der Waals surface area contributed by atoms with Gasteiger partial charge >= 0.3 is 0 Å². The number of nitriles is 1. The quantitative estimate of drug-likeness (QED) is 0.899. The van der Waals surface area contributed by atoms with E-state index < -0.39 is 11.0 Å². The second kappa shape index (κ2) is 5.20. The van der Waals surface area contributed by atoms with Crippen LogP contribution >= 0.6 is 0 Å². The highest BCUT2D eigenvalue weighted by Crippen LogP contribution is 2.49. The van der Waals surface area contributed by atoms with E-state index in [1.165, 1.54) is 5.56 Å². The Morgan fingerprint density at radius 1 is 1.15 bits per heavy atom. The third-order valence-corrected chi connectivity index (χ3v) is 5.21.